The molecule has 0 saturated heterocycles. The molecule has 0 aromatic heterocycles. The van der Waals surface area contributed by atoms with E-state index >= 15 is 0 Å². The Bertz CT molecular complexity index is 744. The van der Waals surface area contributed by atoms with Crippen LogP contribution in [0, 0.1) is 29.0 Å². The summed E-state index contributed by atoms with van der Waals surface area (Å²) in [4.78, 5) is 25.2. The average molecular weight is 388 g/mol. The Morgan fingerprint density at radius 1 is 1.18 bits per heavy atom. The van der Waals surface area contributed by atoms with Crippen molar-refractivity contribution >= 4 is 11.8 Å². The van der Waals surface area contributed by atoms with Gasteiger partial charge in [0.2, 0.25) is 11.8 Å². The molecule has 5 nitrogen and oxygen atoms in total. The minimum Gasteiger partial charge on any atom is -0.494 e. The molecule has 4 fully saturated rings. The van der Waals surface area contributed by atoms with Crippen LogP contribution in [0.1, 0.15) is 57.1 Å². The van der Waals surface area contributed by atoms with E-state index in [9.17, 15) is 14.0 Å². The first-order valence-corrected chi connectivity index (χ1v) is 10.3. The molecule has 0 aliphatic heterocycles. The predicted octanol–water partition coefficient (Wildman–Crippen LogP) is 3.34. The molecule has 28 heavy (non-hydrogen) atoms. The van der Waals surface area contributed by atoms with Crippen molar-refractivity contribution in [3.8, 4) is 5.75 Å². The lowest BCUT2D eigenvalue weighted by molar-refractivity contribution is -0.147. The second kappa shape index (κ2) is 7.37. The minimum atomic E-state index is -0.462. The first-order chi connectivity index (χ1) is 13.4. The highest BCUT2D eigenvalue weighted by molar-refractivity contribution is 5.88. The van der Waals surface area contributed by atoms with E-state index in [2.05, 4.69) is 10.6 Å². The Kier molecular flexibility index (Phi) is 5.06. The molecule has 1 atom stereocenters. The van der Waals surface area contributed by atoms with Gasteiger partial charge in [-0.25, -0.2) is 4.39 Å². The maximum atomic E-state index is 13.9. The second-order valence-corrected chi connectivity index (χ2v) is 9.06. The number of methoxy groups -OCH3 is 1. The number of carbonyl (C=O) groups is 2. The van der Waals surface area contributed by atoms with E-state index in [1.165, 1.54) is 32.4 Å². The van der Waals surface area contributed by atoms with E-state index in [0.29, 0.717) is 23.3 Å². The minimum absolute atomic E-state index is 0.0381. The van der Waals surface area contributed by atoms with Gasteiger partial charge in [0.25, 0.3) is 0 Å². The summed E-state index contributed by atoms with van der Waals surface area (Å²) in [7, 11) is 1.41. The van der Waals surface area contributed by atoms with Crippen molar-refractivity contribution in [1.29, 1.82) is 0 Å². The summed E-state index contributed by atoms with van der Waals surface area (Å²) in [5, 5.41) is 5.71. The summed E-state index contributed by atoms with van der Waals surface area (Å²) in [6, 6.07) is 4.27. The molecule has 152 valence electrons. The van der Waals surface area contributed by atoms with E-state index in [1.807, 2.05) is 0 Å². The van der Waals surface area contributed by atoms with Gasteiger partial charge in [0.1, 0.15) is 0 Å². The van der Waals surface area contributed by atoms with Gasteiger partial charge < -0.3 is 15.4 Å². The number of hydrogen-bond acceptors (Lipinski definition) is 3. The number of benzene rings is 1. The monoisotopic (exact) mass is 388 g/mol. The number of hydrogen-bond donors (Lipinski definition) is 2. The molecule has 0 radical (unpaired) electrons. The Balaban J connectivity index is 1.31. The third-order valence-electron chi connectivity index (χ3n) is 6.98. The zero-order valence-electron chi connectivity index (χ0n) is 16.6. The Morgan fingerprint density at radius 3 is 2.32 bits per heavy atom. The molecule has 1 aromatic carbocycles. The normalized spacial score (nSPS) is 31.3. The summed E-state index contributed by atoms with van der Waals surface area (Å²) in [5.41, 5.74) is 0.402. The smallest absolute Gasteiger partial charge is 0.239 e. The molecule has 0 heterocycles. The molecule has 2 amide bonds. The second-order valence-electron chi connectivity index (χ2n) is 9.06. The van der Waals surface area contributed by atoms with E-state index in [1.54, 1.807) is 19.1 Å². The summed E-state index contributed by atoms with van der Waals surface area (Å²) in [6.07, 6.45) is 6.78. The van der Waals surface area contributed by atoms with E-state index in [4.69, 9.17) is 4.74 Å². The third-order valence-corrected chi connectivity index (χ3v) is 6.98. The van der Waals surface area contributed by atoms with Gasteiger partial charge in [-0.15, -0.1) is 0 Å². The van der Waals surface area contributed by atoms with Crippen LogP contribution in [0.15, 0.2) is 18.2 Å². The van der Waals surface area contributed by atoms with Gasteiger partial charge in [0.05, 0.1) is 19.7 Å². The van der Waals surface area contributed by atoms with Crippen molar-refractivity contribution in [2.24, 2.45) is 23.2 Å². The van der Waals surface area contributed by atoms with Gasteiger partial charge in [-0.2, -0.15) is 0 Å². The molecular formula is C22H29FN2O3. The predicted molar refractivity (Wildman–Crippen MR) is 103 cm³/mol. The number of amides is 2. The number of carbonyl (C=O) groups excluding carboxylic acids is 2. The van der Waals surface area contributed by atoms with Crippen LogP contribution < -0.4 is 15.4 Å². The molecule has 1 aromatic rings. The zero-order chi connectivity index (χ0) is 19.9. The van der Waals surface area contributed by atoms with Gasteiger partial charge in [-0.3, -0.25) is 9.59 Å². The van der Waals surface area contributed by atoms with Crippen molar-refractivity contribution in [3.63, 3.8) is 0 Å². The number of halogens is 1. The molecular weight excluding hydrogens is 359 g/mol. The maximum absolute atomic E-state index is 13.9. The largest absolute Gasteiger partial charge is 0.494 e. The molecule has 2 N–H and O–H groups in total. The lowest BCUT2D eigenvalue weighted by Crippen LogP contribution is -2.54. The Hall–Kier alpha value is -2.11. The zero-order valence-corrected chi connectivity index (χ0v) is 16.6. The van der Waals surface area contributed by atoms with Crippen molar-refractivity contribution in [2.75, 3.05) is 13.7 Å². The standard InChI is InChI=1S/C22H29FN2O3/c1-13(17-3-4-19(28-2)18(23)8-17)25-20(26)12-24-21(27)22-9-14-5-15(10-22)7-16(6-14)11-22/h3-4,8,13-16H,5-7,9-12H2,1-2H3,(H,24,27)(H,25,26). The molecule has 6 heteroatoms. The first-order valence-electron chi connectivity index (χ1n) is 10.3. The van der Waals surface area contributed by atoms with Gasteiger partial charge >= 0.3 is 0 Å². The fraction of sp³-hybridized carbons (Fsp3) is 0.636. The van der Waals surface area contributed by atoms with Crippen LogP contribution in [0.4, 0.5) is 4.39 Å². The van der Waals surface area contributed by atoms with Gasteiger partial charge in [0, 0.05) is 5.41 Å². The van der Waals surface area contributed by atoms with Crippen molar-refractivity contribution in [3.05, 3.63) is 29.6 Å². The fourth-order valence-corrected chi connectivity index (χ4v) is 6.06. The van der Waals surface area contributed by atoms with Gasteiger partial charge in [-0.05, 0) is 80.9 Å². The average Bonchev–Trinajstić information content (AvgIpc) is 2.64. The topological polar surface area (TPSA) is 67.4 Å². The molecule has 1 unspecified atom stereocenters. The quantitative estimate of drug-likeness (QED) is 0.785. The summed E-state index contributed by atoms with van der Waals surface area (Å²) in [6.45, 7) is 1.75. The van der Waals surface area contributed by atoms with Crippen LogP contribution in [-0.4, -0.2) is 25.5 Å². The SMILES string of the molecule is COc1ccc(C(C)NC(=O)CNC(=O)C23CC4CC(CC(C4)C2)C3)cc1F. The van der Waals surface area contributed by atoms with E-state index < -0.39 is 5.82 Å². The van der Waals surface area contributed by atoms with Crippen LogP contribution in [-0.2, 0) is 9.59 Å². The third kappa shape index (κ3) is 3.61. The number of nitrogens with one attached hydrogen (secondary N) is 2. The summed E-state index contributed by atoms with van der Waals surface area (Å²) < 4.78 is 18.8. The lowest BCUT2D eigenvalue weighted by atomic mass is 9.49. The summed E-state index contributed by atoms with van der Waals surface area (Å²) in [5.74, 6) is 1.57. The first kappa shape index (κ1) is 19.2. The fourth-order valence-electron chi connectivity index (χ4n) is 6.06. The molecule has 4 saturated carbocycles. The van der Waals surface area contributed by atoms with Crippen LogP contribution in [0.2, 0.25) is 0 Å². The highest BCUT2D eigenvalue weighted by Gasteiger charge is 2.54. The number of ether oxygens (including phenoxy) is 1. The maximum Gasteiger partial charge on any atom is 0.239 e. The molecule has 0 spiro atoms. The molecule has 4 bridgehead atoms. The summed E-state index contributed by atoms with van der Waals surface area (Å²) >= 11 is 0. The molecule has 5 rings (SSSR count). The Labute approximate surface area is 165 Å². The molecule has 4 aliphatic carbocycles. The highest BCUT2D eigenvalue weighted by Crippen LogP contribution is 2.60. The van der Waals surface area contributed by atoms with Crippen LogP contribution in [0.25, 0.3) is 0 Å². The van der Waals surface area contributed by atoms with Crippen molar-refractivity contribution < 1.29 is 18.7 Å². The van der Waals surface area contributed by atoms with Gasteiger partial charge in [-0.1, -0.05) is 6.07 Å². The van der Waals surface area contributed by atoms with Crippen molar-refractivity contribution in [2.45, 2.75) is 51.5 Å². The lowest BCUT2D eigenvalue weighted by Gasteiger charge is -2.55. The van der Waals surface area contributed by atoms with Crippen LogP contribution in [0.5, 0.6) is 5.75 Å². The van der Waals surface area contributed by atoms with Gasteiger partial charge in [0.15, 0.2) is 11.6 Å². The number of rotatable bonds is 6. The van der Waals surface area contributed by atoms with E-state index in [-0.39, 0.29) is 35.6 Å². The van der Waals surface area contributed by atoms with Crippen LogP contribution in [0.3, 0.4) is 0 Å². The highest BCUT2D eigenvalue weighted by atomic mass is 19.1. The molecule has 4 aliphatic rings. The Morgan fingerprint density at radius 2 is 1.79 bits per heavy atom. The van der Waals surface area contributed by atoms with E-state index in [0.717, 1.165) is 19.3 Å². The van der Waals surface area contributed by atoms with Crippen LogP contribution >= 0.6 is 0 Å². The van der Waals surface area contributed by atoms with Crippen molar-refractivity contribution in [1.82, 2.24) is 10.6 Å².